The molecule has 3 fully saturated rings. The minimum atomic E-state index is -1.57. The molecule has 0 aromatic heterocycles. The number of hydrogen-bond donors (Lipinski definition) is 5. The van der Waals surface area contributed by atoms with Crippen LogP contribution in [0.5, 0.6) is 17.2 Å². The number of alkyl carbamates (subject to hydrolysis) is 1. The smallest absolute Gasteiger partial charge is 0.407 e. The number of aryl methyl sites for hydroxylation is 1. The Morgan fingerprint density at radius 3 is 2.14 bits per heavy atom. The highest BCUT2D eigenvalue weighted by atomic mass is 16.9. The molecule has 6 amide bonds. The minimum absolute atomic E-state index is 0.00301. The lowest BCUT2D eigenvalue weighted by atomic mass is 9.78. The van der Waals surface area contributed by atoms with Gasteiger partial charge < -0.3 is 78.5 Å². The first-order chi connectivity index (χ1) is 38.0. The van der Waals surface area contributed by atoms with E-state index in [4.69, 9.17) is 52.1 Å². The van der Waals surface area contributed by atoms with Crippen molar-refractivity contribution in [3.63, 3.8) is 0 Å². The third-order valence-corrected chi connectivity index (χ3v) is 14.9. The number of hydrogen-bond acceptors (Lipinski definition) is 19. The molecule has 5 heterocycles. The van der Waals surface area contributed by atoms with Crippen LogP contribution in [0.4, 0.5) is 10.5 Å². The summed E-state index contributed by atoms with van der Waals surface area (Å²) in [6.45, 7) is 8.97. The fourth-order valence-corrected chi connectivity index (χ4v) is 10.8. The quantitative estimate of drug-likeness (QED) is 0.0417. The standard InChI is InChI=1S/C55H67N5O19/c1-30(2)44(59-38(62)16-18-71-20-22-73-24-25-74-23-21-72-19-17-60-39(63)14-15-40(60)64)51(67)57-32(4)50(66)58-34-12-10-33(11-13-34)27-75-52(68)56-28-54-53(29-76-53)55(70-6)49(79-54)48(77-54)41-31(3)26-36-43(47(41)78-55)45(65)42-35(46(36)69-5)8-7-9-37(42)61/h10-15,26,30,32,44,48-49,65H,7-9,16-25,27-29H2,1-6H3,(H,56,68)(H,57,67)(H,58,66)(H,59,62)/t32-,44-,48+,49-,53+,54+,55?/m0/s1. The number of phenolic OH excluding ortho intramolecular Hbond substituents is 1. The Kier molecular flexibility index (Phi) is 17.2. The van der Waals surface area contributed by atoms with Gasteiger partial charge in [0.25, 0.3) is 17.6 Å². The molecular formula is C55H67N5O19. The molecule has 1 spiro atoms. The van der Waals surface area contributed by atoms with E-state index in [1.54, 1.807) is 38.1 Å². The van der Waals surface area contributed by atoms with Gasteiger partial charge in [-0.2, -0.15) is 0 Å². The number of carbonyl (C=O) groups is 7. The van der Waals surface area contributed by atoms with Gasteiger partial charge in [0, 0.05) is 54.3 Å². The second-order valence-electron chi connectivity index (χ2n) is 20.3. The van der Waals surface area contributed by atoms with Crippen molar-refractivity contribution in [2.24, 2.45) is 5.92 Å². The molecule has 24 nitrogen and oxygen atoms in total. The summed E-state index contributed by atoms with van der Waals surface area (Å²) in [6, 6.07) is 6.57. The van der Waals surface area contributed by atoms with Crippen LogP contribution >= 0.6 is 0 Å². The lowest BCUT2D eigenvalue weighted by Crippen LogP contribution is -2.69. The van der Waals surface area contributed by atoms with Crippen molar-refractivity contribution in [2.75, 3.05) is 92.1 Å². The summed E-state index contributed by atoms with van der Waals surface area (Å²) in [6.07, 6.45) is 1.55. The van der Waals surface area contributed by atoms with Crippen LogP contribution in [0.25, 0.3) is 10.8 Å². The zero-order chi connectivity index (χ0) is 56.2. The van der Waals surface area contributed by atoms with Crippen LogP contribution in [0, 0.1) is 12.8 Å². The lowest BCUT2D eigenvalue weighted by Gasteiger charge is -2.48. The first kappa shape index (κ1) is 56.9. The van der Waals surface area contributed by atoms with Crippen LogP contribution in [0.1, 0.15) is 78.7 Å². The van der Waals surface area contributed by atoms with E-state index in [1.165, 1.54) is 33.3 Å². The van der Waals surface area contributed by atoms with Gasteiger partial charge in [-0.25, -0.2) is 4.79 Å². The molecule has 24 heteroatoms. The normalized spacial score (nSPS) is 23.8. The molecule has 5 N–H and O–H groups in total. The van der Waals surface area contributed by atoms with E-state index in [9.17, 15) is 38.7 Å². The molecular weight excluding hydrogens is 1030 g/mol. The van der Waals surface area contributed by atoms with E-state index >= 15 is 0 Å². The zero-order valence-corrected chi connectivity index (χ0v) is 45.0. The maximum absolute atomic E-state index is 13.3. The fraction of sp³-hybridized carbons (Fsp3) is 0.545. The zero-order valence-electron chi connectivity index (χ0n) is 45.0. The van der Waals surface area contributed by atoms with E-state index in [0.29, 0.717) is 84.6 Å². The summed E-state index contributed by atoms with van der Waals surface area (Å²) < 4.78 is 65.7. The number of Topliss-reactive ketones (excluding diaryl/α,β-unsaturated/α-hetero) is 1. The molecule has 7 atom stereocenters. The van der Waals surface area contributed by atoms with Crippen molar-refractivity contribution in [3.8, 4) is 17.2 Å². The van der Waals surface area contributed by atoms with Crippen LogP contribution < -0.4 is 30.7 Å². The topological polar surface area (TPSA) is 296 Å². The number of phenols is 1. The molecule has 2 bridgehead atoms. The number of aromatic hydroxyl groups is 1. The van der Waals surface area contributed by atoms with Crippen LogP contribution in [-0.4, -0.2) is 174 Å². The SMILES string of the molecule is COc1c2c(c(O)c3c4c(c(C)cc13)[C@H]1O[C@]3(CNC(=O)OCc5ccc(NC(=O)[C@H](C)NC(=O)[C@@H](NC(=O)CCOCCOCCOCCOCCN6C(=O)C=CC6=O)C(C)C)cc5)O[C@@H]1C(OC)(O4)[C@@]31CO1)C(=O)CCC2. The maximum atomic E-state index is 13.3. The van der Waals surface area contributed by atoms with E-state index in [1.807, 2.05) is 13.0 Å². The van der Waals surface area contributed by atoms with Crippen molar-refractivity contribution in [2.45, 2.75) is 101 Å². The number of anilines is 1. The number of nitrogens with zero attached hydrogens (tertiary/aromatic N) is 1. The van der Waals surface area contributed by atoms with Gasteiger partial charge in [0.1, 0.15) is 42.0 Å². The van der Waals surface area contributed by atoms with E-state index < -0.39 is 65.3 Å². The monoisotopic (exact) mass is 1100 g/mol. The molecule has 79 heavy (non-hydrogen) atoms. The molecule has 5 aliphatic heterocycles. The van der Waals surface area contributed by atoms with Crippen LogP contribution in [0.3, 0.4) is 0 Å². The number of amides is 6. The highest BCUT2D eigenvalue weighted by Crippen LogP contribution is 2.70. The number of methoxy groups -OCH3 is 2. The third-order valence-electron chi connectivity index (χ3n) is 14.9. The van der Waals surface area contributed by atoms with Crippen molar-refractivity contribution < 1.29 is 90.8 Å². The number of ether oxygens (including phenoxy) is 11. The summed E-state index contributed by atoms with van der Waals surface area (Å²) in [5.74, 6) is -5.18. The number of carbonyl (C=O) groups excluding carboxylic acids is 7. The summed E-state index contributed by atoms with van der Waals surface area (Å²) in [5, 5.41) is 23.6. The Balaban J connectivity index is 0.681. The first-order valence-electron chi connectivity index (χ1n) is 26.4. The van der Waals surface area contributed by atoms with Gasteiger partial charge in [0.2, 0.25) is 29.1 Å². The number of rotatable bonds is 27. The van der Waals surface area contributed by atoms with Gasteiger partial charge in [-0.05, 0) is 61.9 Å². The van der Waals surface area contributed by atoms with E-state index in [0.717, 1.165) is 10.5 Å². The fourth-order valence-electron chi connectivity index (χ4n) is 10.8. The summed E-state index contributed by atoms with van der Waals surface area (Å²) >= 11 is 0. The molecule has 6 aliphatic rings. The van der Waals surface area contributed by atoms with Gasteiger partial charge in [-0.15, -0.1) is 0 Å². The molecule has 1 aliphatic carbocycles. The molecule has 9 rings (SSSR count). The molecule has 3 saturated heterocycles. The van der Waals surface area contributed by atoms with Crippen molar-refractivity contribution in [1.29, 1.82) is 0 Å². The van der Waals surface area contributed by atoms with Crippen molar-refractivity contribution in [3.05, 3.63) is 70.3 Å². The first-order valence-corrected chi connectivity index (χ1v) is 26.4. The Labute approximate surface area is 455 Å². The van der Waals surface area contributed by atoms with Crippen molar-refractivity contribution in [1.82, 2.24) is 20.9 Å². The number of ketones is 1. The lowest BCUT2D eigenvalue weighted by molar-refractivity contribution is -0.287. The Bertz CT molecular complexity index is 2870. The second-order valence-corrected chi connectivity index (χ2v) is 20.3. The predicted octanol–water partition coefficient (Wildman–Crippen LogP) is 2.94. The number of nitrogens with one attached hydrogen (secondary N) is 4. The molecule has 3 aromatic carbocycles. The molecule has 3 aromatic rings. The second kappa shape index (κ2) is 23.9. The highest BCUT2D eigenvalue weighted by Gasteiger charge is 2.91. The molecule has 0 radical (unpaired) electrons. The summed E-state index contributed by atoms with van der Waals surface area (Å²) in [7, 11) is 3.00. The summed E-state index contributed by atoms with van der Waals surface area (Å²) in [4.78, 5) is 89.8. The van der Waals surface area contributed by atoms with Gasteiger partial charge in [0.15, 0.2) is 11.9 Å². The average molecular weight is 1100 g/mol. The summed E-state index contributed by atoms with van der Waals surface area (Å²) in [5.41, 5.74) is 1.92. The molecule has 0 saturated carbocycles. The van der Waals surface area contributed by atoms with Crippen LogP contribution in [0.15, 0.2) is 42.5 Å². The maximum Gasteiger partial charge on any atom is 0.407 e. The molecule has 1 unspecified atom stereocenters. The Morgan fingerprint density at radius 1 is 0.848 bits per heavy atom. The van der Waals surface area contributed by atoms with Crippen molar-refractivity contribution >= 4 is 57.9 Å². The number of benzene rings is 3. The molecule has 426 valence electrons. The van der Waals surface area contributed by atoms with Gasteiger partial charge in [0.05, 0.1) is 90.6 Å². The average Bonchev–Trinajstić information content (AvgIpc) is 1.56. The van der Waals surface area contributed by atoms with E-state index in [2.05, 4.69) is 21.3 Å². The van der Waals surface area contributed by atoms with Crippen LogP contribution in [-0.2, 0) is 79.6 Å². The third kappa shape index (κ3) is 11.1. The number of fused-ring (bicyclic) bond motifs is 8. The largest absolute Gasteiger partial charge is 0.506 e. The Hall–Kier alpha value is -6.77. The van der Waals surface area contributed by atoms with Gasteiger partial charge in [-0.1, -0.05) is 26.0 Å². The van der Waals surface area contributed by atoms with Crippen LogP contribution in [0.2, 0.25) is 0 Å². The van der Waals surface area contributed by atoms with E-state index in [-0.39, 0.29) is 99.7 Å². The minimum Gasteiger partial charge on any atom is -0.506 e. The van der Waals surface area contributed by atoms with Gasteiger partial charge in [-0.3, -0.25) is 33.7 Å². The highest BCUT2D eigenvalue weighted by molar-refractivity contribution is 6.13. The Morgan fingerprint density at radius 2 is 1.51 bits per heavy atom. The number of epoxide rings is 1. The van der Waals surface area contributed by atoms with Gasteiger partial charge >= 0.3 is 6.09 Å². The number of imide groups is 1. The predicted molar refractivity (Wildman–Crippen MR) is 276 cm³/mol.